The van der Waals surface area contributed by atoms with Crippen molar-refractivity contribution in [2.45, 2.75) is 65.7 Å². The third-order valence-corrected chi connectivity index (χ3v) is 6.60. The second-order valence-electron chi connectivity index (χ2n) is 9.20. The van der Waals surface area contributed by atoms with Gasteiger partial charge in [-0.1, -0.05) is 76.4 Å². The van der Waals surface area contributed by atoms with Crippen LogP contribution >= 0.6 is 0 Å². The minimum Gasteiger partial charge on any atom is -0.493 e. The first-order chi connectivity index (χ1) is 16.6. The molecule has 0 spiro atoms. The fraction of sp³-hybridized carbons (Fsp3) is 0.517. The zero-order valence-electron chi connectivity index (χ0n) is 21.5. The average molecular weight is 468 g/mol. The first kappa shape index (κ1) is 26.0. The lowest BCUT2D eigenvalue weighted by molar-refractivity contribution is -0.0560. The summed E-state index contributed by atoms with van der Waals surface area (Å²) in [5.41, 5.74) is 2.55. The number of benzene rings is 2. The van der Waals surface area contributed by atoms with Gasteiger partial charge in [0.25, 0.3) is 0 Å². The number of nitrogens with zero attached hydrogens (tertiary/aromatic N) is 1. The molecule has 0 radical (unpaired) electrons. The summed E-state index contributed by atoms with van der Waals surface area (Å²) in [6.07, 6.45) is 6.99. The highest BCUT2D eigenvalue weighted by Crippen LogP contribution is 2.33. The highest BCUT2D eigenvalue weighted by molar-refractivity contribution is 5.43. The predicted octanol–water partition coefficient (Wildman–Crippen LogP) is 6.77. The molecule has 5 nitrogen and oxygen atoms in total. The van der Waals surface area contributed by atoms with Crippen molar-refractivity contribution in [1.29, 1.82) is 0 Å². The van der Waals surface area contributed by atoms with Crippen LogP contribution in [0.4, 0.5) is 0 Å². The van der Waals surface area contributed by atoms with Gasteiger partial charge in [0, 0.05) is 26.6 Å². The lowest BCUT2D eigenvalue weighted by Crippen LogP contribution is -2.31. The van der Waals surface area contributed by atoms with Crippen molar-refractivity contribution in [1.82, 2.24) is 4.90 Å². The zero-order chi connectivity index (χ0) is 24.3. The Balaban J connectivity index is 1.79. The maximum Gasteiger partial charge on any atom is 0.231 e. The molecule has 0 aromatic heterocycles. The third-order valence-electron chi connectivity index (χ3n) is 6.60. The lowest BCUT2D eigenvalue weighted by Gasteiger charge is -2.30. The quantitative estimate of drug-likeness (QED) is 0.255. The monoisotopic (exact) mass is 467 g/mol. The lowest BCUT2D eigenvalue weighted by atomic mass is 9.84. The van der Waals surface area contributed by atoms with E-state index in [0.29, 0.717) is 11.8 Å². The van der Waals surface area contributed by atoms with Crippen LogP contribution in [0.5, 0.6) is 11.5 Å². The molecule has 1 heterocycles. The van der Waals surface area contributed by atoms with Crippen LogP contribution in [-0.4, -0.2) is 32.0 Å². The number of hydrogen-bond donors (Lipinski definition) is 0. The molecule has 0 unspecified atom stereocenters. The smallest absolute Gasteiger partial charge is 0.231 e. The Morgan fingerprint density at radius 2 is 1.74 bits per heavy atom. The second-order valence-corrected chi connectivity index (χ2v) is 9.20. The SMILES string of the molecule is CCCC[C@@H](C)[C@@H](Cc1ccc(OC)c(O[C@H](CC)OC)c1)CN(Cc1ccccc1)C1=CO1. The van der Waals surface area contributed by atoms with Gasteiger partial charge in [-0.2, -0.15) is 0 Å². The topological polar surface area (TPSA) is 43.5 Å². The summed E-state index contributed by atoms with van der Waals surface area (Å²) in [5, 5.41) is 0. The van der Waals surface area contributed by atoms with E-state index in [9.17, 15) is 0 Å². The predicted molar refractivity (Wildman–Crippen MR) is 137 cm³/mol. The molecule has 0 saturated heterocycles. The Kier molecular flexibility index (Phi) is 10.1. The molecule has 2 aromatic rings. The molecule has 1 aliphatic heterocycles. The molecule has 2 aromatic carbocycles. The molecule has 0 bridgehead atoms. The highest BCUT2D eigenvalue weighted by atomic mass is 16.7. The molecular weight excluding hydrogens is 426 g/mol. The Morgan fingerprint density at radius 1 is 0.971 bits per heavy atom. The fourth-order valence-corrected chi connectivity index (χ4v) is 4.38. The van der Waals surface area contributed by atoms with Gasteiger partial charge in [-0.3, -0.25) is 0 Å². The van der Waals surface area contributed by atoms with Gasteiger partial charge in [-0.15, -0.1) is 0 Å². The van der Waals surface area contributed by atoms with Gasteiger partial charge in [-0.25, -0.2) is 0 Å². The van der Waals surface area contributed by atoms with E-state index in [1.807, 2.05) is 19.3 Å². The average Bonchev–Trinajstić information content (AvgIpc) is 3.71. The molecule has 0 aliphatic carbocycles. The largest absolute Gasteiger partial charge is 0.493 e. The summed E-state index contributed by atoms with van der Waals surface area (Å²) in [4.78, 5) is 2.38. The van der Waals surface area contributed by atoms with Crippen molar-refractivity contribution in [3.63, 3.8) is 0 Å². The van der Waals surface area contributed by atoms with E-state index in [1.165, 1.54) is 30.4 Å². The Labute approximate surface area is 205 Å². The summed E-state index contributed by atoms with van der Waals surface area (Å²) < 4.78 is 22.6. The minimum atomic E-state index is -0.288. The van der Waals surface area contributed by atoms with Gasteiger partial charge < -0.3 is 23.8 Å². The van der Waals surface area contributed by atoms with E-state index in [2.05, 4.69) is 61.2 Å². The first-order valence-corrected chi connectivity index (χ1v) is 12.6. The van der Waals surface area contributed by atoms with E-state index >= 15 is 0 Å². The molecule has 0 N–H and O–H groups in total. The number of methoxy groups -OCH3 is 2. The highest BCUT2D eigenvalue weighted by Gasteiger charge is 2.27. The summed E-state index contributed by atoms with van der Waals surface area (Å²) in [6, 6.07) is 16.9. The third kappa shape index (κ3) is 7.69. The minimum absolute atomic E-state index is 0.288. The van der Waals surface area contributed by atoms with Crippen molar-refractivity contribution in [3.8, 4) is 11.5 Å². The molecule has 186 valence electrons. The maximum absolute atomic E-state index is 6.10. The number of ether oxygens (including phenoxy) is 4. The standard InChI is InChI=1S/C29H41NO4/c1-6-8-12-22(3)25(20-30(28-21-33-28)19-23-13-10-9-11-14-23)17-24-15-16-26(31-4)27(18-24)34-29(7-2)32-5/h9-11,13-16,18,21-22,25,29H,6-8,12,17,19-20H2,1-5H3/t22-,25+,29-/m1/s1. The fourth-order valence-electron chi connectivity index (χ4n) is 4.38. The van der Waals surface area contributed by atoms with Crippen LogP contribution in [0, 0.1) is 11.8 Å². The molecule has 1 aliphatic rings. The van der Waals surface area contributed by atoms with Crippen molar-refractivity contribution in [2.75, 3.05) is 20.8 Å². The van der Waals surface area contributed by atoms with Gasteiger partial charge in [0.2, 0.25) is 5.88 Å². The van der Waals surface area contributed by atoms with Crippen LogP contribution in [0.1, 0.15) is 57.6 Å². The van der Waals surface area contributed by atoms with Gasteiger partial charge >= 0.3 is 0 Å². The normalized spacial score (nSPS) is 15.0. The molecule has 0 amide bonds. The van der Waals surface area contributed by atoms with Crippen LogP contribution in [0.2, 0.25) is 0 Å². The van der Waals surface area contributed by atoms with E-state index in [4.69, 9.17) is 18.9 Å². The van der Waals surface area contributed by atoms with Crippen LogP contribution < -0.4 is 9.47 Å². The molecule has 0 saturated carbocycles. The van der Waals surface area contributed by atoms with Crippen LogP contribution in [0.25, 0.3) is 0 Å². The van der Waals surface area contributed by atoms with E-state index in [1.54, 1.807) is 14.2 Å². The molecule has 3 rings (SSSR count). The van der Waals surface area contributed by atoms with Crippen LogP contribution in [-0.2, 0) is 22.4 Å². The molecule has 0 fully saturated rings. The molecule has 3 atom stereocenters. The summed E-state index contributed by atoms with van der Waals surface area (Å²) in [5.74, 6) is 3.53. The molecule has 5 heteroatoms. The Hall–Kier alpha value is -2.66. The number of rotatable bonds is 16. The number of unbranched alkanes of at least 4 members (excludes halogenated alkanes) is 1. The summed E-state index contributed by atoms with van der Waals surface area (Å²) >= 11 is 0. The Bertz CT molecular complexity index is 894. The number of hydrogen-bond acceptors (Lipinski definition) is 5. The van der Waals surface area contributed by atoms with Crippen molar-refractivity contribution in [3.05, 3.63) is 71.8 Å². The van der Waals surface area contributed by atoms with Crippen LogP contribution in [0.15, 0.2) is 60.7 Å². The first-order valence-electron chi connectivity index (χ1n) is 12.6. The zero-order valence-corrected chi connectivity index (χ0v) is 21.5. The van der Waals surface area contributed by atoms with Crippen molar-refractivity contribution < 1.29 is 18.9 Å². The van der Waals surface area contributed by atoms with Crippen molar-refractivity contribution in [2.24, 2.45) is 11.8 Å². The summed E-state index contributed by atoms with van der Waals surface area (Å²) in [7, 11) is 3.35. The maximum atomic E-state index is 6.10. The van der Waals surface area contributed by atoms with Crippen LogP contribution in [0.3, 0.4) is 0 Å². The van der Waals surface area contributed by atoms with E-state index in [-0.39, 0.29) is 6.29 Å². The van der Waals surface area contributed by atoms with Gasteiger partial charge in [-0.05, 0) is 41.5 Å². The van der Waals surface area contributed by atoms with Crippen molar-refractivity contribution >= 4 is 0 Å². The van der Waals surface area contributed by atoms with E-state index < -0.39 is 0 Å². The molecular formula is C29H41NO4. The van der Waals surface area contributed by atoms with Gasteiger partial charge in [0.15, 0.2) is 24.1 Å². The second kappa shape index (κ2) is 13.3. The molecule has 34 heavy (non-hydrogen) atoms. The Morgan fingerprint density at radius 3 is 2.35 bits per heavy atom. The van der Waals surface area contributed by atoms with Gasteiger partial charge in [0.05, 0.1) is 7.11 Å². The summed E-state index contributed by atoms with van der Waals surface area (Å²) in [6.45, 7) is 8.50. The van der Waals surface area contributed by atoms with E-state index in [0.717, 1.165) is 43.3 Å². The van der Waals surface area contributed by atoms with Gasteiger partial charge in [0.1, 0.15) is 0 Å².